The molecular formula is C9H19F3N2O2. The lowest BCUT2D eigenvalue weighted by Gasteiger charge is -2.16. The van der Waals surface area contributed by atoms with Crippen molar-refractivity contribution in [1.29, 1.82) is 0 Å². The number of alkyl halides is 3. The van der Waals surface area contributed by atoms with Gasteiger partial charge >= 0.3 is 6.18 Å². The molecule has 3 N–H and O–H groups in total. The zero-order valence-corrected chi connectivity index (χ0v) is 9.35. The van der Waals surface area contributed by atoms with Gasteiger partial charge in [0.2, 0.25) is 0 Å². The van der Waals surface area contributed by atoms with E-state index in [0.717, 1.165) is 6.42 Å². The molecule has 0 saturated carbocycles. The summed E-state index contributed by atoms with van der Waals surface area (Å²) in [5.74, 6) is 0. The van der Waals surface area contributed by atoms with Gasteiger partial charge in [0, 0.05) is 13.2 Å². The molecule has 0 radical (unpaired) electrons. The summed E-state index contributed by atoms with van der Waals surface area (Å²) in [5.41, 5.74) is 4.81. The highest BCUT2D eigenvalue weighted by molar-refractivity contribution is 4.67. The summed E-state index contributed by atoms with van der Waals surface area (Å²) in [6.07, 6.45) is -5.47. The Morgan fingerprint density at radius 1 is 1.12 bits per heavy atom. The number of halogens is 3. The van der Waals surface area contributed by atoms with Gasteiger partial charge in [-0.3, -0.25) is 5.32 Å². The molecule has 0 bridgehead atoms. The van der Waals surface area contributed by atoms with E-state index in [1.54, 1.807) is 0 Å². The second kappa shape index (κ2) is 8.74. The second-order valence-electron chi connectivity index (χ2n) is 3.20. The third-order valence-electron chi connectivity index (χ3n) is 1.68. The smallest absolute Gasteiger partial charge is 0.379 e. The SMILES string of the molecule is CCCOCCOCCNC(N)C(F)(F)F. The van der Waals surface area contributed by atoms with E-state index < -0.39 is 12.3 Å². The Balaban J connectivity index is 3.21. The topological polar surface area (TPSA) is 56.5 Å². The Morgan fingerprint density at radius 3 is 2.19 bits per heavy atom. The van der Waals surface area contributed by atoms with E-state index in [4.69, 9.17) is 15.2 Å². The number of rotatable bonds is 9. The Morgan fingerprint density at radius 2 is 1.69 bits per heavy atom. The van der Waals surface area contributed by atoms with Crippen LogP contribution < -0.4 is 11.1 Å². The van der Waals surface area contributed by atoms with Crippen LogP contribution in [0.5, 0.6) is 0 Å². The maximum Gasteiger partial charge on any atom is 0.416 e. The summed E-state index contributed by atoms with van der Waals surface area (Å²) in [5, 5.41) is 2.11. The summed E-state index contributed by atoms with van der Waals surface area (Å²) >= 11 is 0. The van der Waals surface area contributed by atoms with Crippen molar-refractivity contribution in [2.75, 3.05) is 33.0 Å². The number of nitrogens with one attached hydrogen (secondary N) is 1. The Labute approximate surface area is 93.3 Å². The molecule has 16 heavy (non-hydrogen) atoms. The third-order valence-corrected chi connectivity index (χ3v) is 1.68. The predicted octanol–water partition coefficient (Wildman–Crippen LogP) is 0.866. The van der Waals surface area contributed by atoms with E-state index in [0.29, 0.717) is 19.8 Å². The molecule has 0 saturated heterocycles. The van der Waals surface area contributed by atoms with Gasteiger partial charge in [-0.1, -0.05) is 6.92 Å². The molecule has 0 aliphatic rings. The monoisotopic (exact) mass is 244 g/mol. The first kappa shape index (κ1) is 15.6. The van der Waals surface area contributed by atoms with Crippen LogP contribution in [0, 0.1) is 0 Å². The molecule has 1 atom stereocenters. The third kappa shape index (κ3) is 8.90. The van der Waals surface area contributed by atoms with Crippen molar-refractivity contribution in [3.05, 3.63) is 0 Å². The summed E-state index contributed by atoms with van der Waals surface area (Å²) < 4.78 is 45.9. The molecule has 0 aliphatic heterocycles. The highest BCUT2D eigenvalue weighted by Crippen LogP contribution is 2.15. The summed E-state index contributed by atoms with van der Waals surface area (Å²) in [6.45, 7) is 3.74. The Kier molecular flexibility index (Phi) is 8.54. The molecule has 0 heterocycles. The molecule has 0 rings (SSSR count). The highest BCUT2D eigenvalue weighted by atomic mass is 19.4. The normalized spacial score (nSPS) is 14.1. The zero-order chi connectivity index (χ0) is 12.4. The van der Waals surface area contributed by atoms with Crippen LogP contribution in [-0.4, -0.2) is 45.3 Å². The van der Waals surface area contributed by atoms with Gasteiger partial charge in [-0.05, 0) is 6.42 Å². The summed E-state index contributed by atoms with van der Waals surface area (Å²) in [7, 11) is 0. The van der Waals surface area contributed by atoms with Crippen LogP contribution in [0.15, 0.2) is 0 Å². The van der Waals surface area contributed by atoms with Gasteiger partial charge in [0.1, 0.15) is 0 Å². The molecule has 1 unspecified atom stereocenters. The lowest BCUT2D eigenvalue weighted by molar-refractivity contribution is -0.154. The average Bonchev–Trinajstić information content (AvgIpc) is 2.20. The maximum absolute atomic E-state index is 11.9. The summed E-state index contributed by atoms with van der Waals surface area (Å²) in [4.78, 5) is 0. The minimum Gasteiger partial charge on any atom is -0.379 e. The van der Waals surface area contributed by atoms with Crippen molar-refractivity contribution in [2.45, 2.75) is 25.7 Å². The van der Waals surface area contributed by atoms with Gasteiger partial charge in [0.05, 0.1) is 19.8 Å². The fourth-order valence-corrected chi connectivity index (χ4v) is 0.869. The van der Waals surface area contributed by atoms with Crippen LogP contribution in [0.1, 0.15) is 13.3 Å². The van der Waals surface area contributed by atoms with Gasteiger partial charge in [0.25, 0.3) is 0 Å². The lowest BCUT2D eigenvalue weighted by atomic mass is 10.5. The van der Waals surface area contributed by atoms with Crippen molar-refractivity contribution in [3.8, 4) is 0 Å². The van der Waals surface area contributed by atoms with Crippen LogP contribution in [0.25, 0.3) is 0 Å². The number of ether oxygens (including phenoxy) is 2. The largest absolute Gasteiger partial charge is 0.416 e. The predicted molar refractivity (Wildman–Crippen MR) is 54.0 cm³/mol. The van der Waals surface area contributed by atoms with E-state index >= 15 is 0 Å². The van der Waals surface area contributed by atoms with Gasteiger partial charge in [-0.25, -0.2) is 0 Å². The average molecular weight is 244 g/mol. The molecule has 0 spiro atoms. The van der Waals surface area contributed by atoms with E-state index in [1.165, 1.54) is 0 Å². The molecule has 0 aromatic rings. The second-order valence-corrected chi connectivity index (χ2v) is 3.20. The number of hydrogen-bond acceptors (Lipinski definition) is 4. The van der Waals surface area contributed by atoms with Gasteiger partial charge < -0.3 is 15.2 Å². The molecule has 0 aromatic heterocycles. The van der Waals surface area contributed by atoms with E-state index in [2.05, 4.69) is 5.32 Å². The standard InChI is InChI=1S/C9H19F3N2O2/c1-2-4-15-6-7-16-5-3-14-8(13)9(10,11)12/h8,14H,2-7,13H2,1H3. The molecule has 7 heteroatoms. The molecular weight excluding hydrogens is 225 g/mol. The lowest BCUT2D eigenvalue weighted by Crippen LogP contribution is -2.50. The fourth-order valence-electron chi connectivity index (χ4n) is 0.869. The quantitative estimate of drug-likeness (QED) is 0.466. The minimum atomic E-state index is -4.41. The Bertz CT molecular complexity index is 167. The van der Waals surface area contributed by atoms with Crippen molar-refractivity contribution in [1.82, 2.24) is 5.32 Å². The molecule has 0 aliphatic carbocycles. The molecule has 4 nitrogen and oxygen atoms in total. The van der Waals surface area contributed by atoms with Crippen molar-refractivity contribution in [3.63, 3.8) is 0 Å². The van der Waals surface area contributed by atoms with Crippen LogP contribution >= 0.6 is 0 Å². The maximum atomic E-state index is 11.9. The first-order chi connectivity index (χ1) is 7.48. The summed E-state index contributed by atoms with van der Waals surface area (Å²) in [6, 6.07) is 0. The minimum absolute atomic E-state index is 0.0639. The van der Waals surface area contributed by atoms with Gasteiger partial charge in [-0.15, -0.1) is 0 Å². The van der Waals surface area contributed by atoms with Crippen LogP contribution in [0.4, 0.5) is 13.2 Å². The van der Waals surface area contributed by atoms with Gasteiger partial charge in [0.15, 0.2) is 6.17 Å². The highest BCUT2D eigenvalue weighted by Gasteiger charge is 2.36. The van der Waals surface area contributed by atoms with E-state index in [-0.39, 0.29) is 13.2 Å². The van der Waals surface area contributed by atoms with Crippen LogP contribution in [0.2, 0.25) is 0 Å². The van der Waals surface area contributed by atoms with Crippen LogP contribution in [0.3, 0.4) is 0 Å². The molecule has 0 aromatic carbocycles. The van der Waals surface area contributed by atoms with Crippen molar-refractivity contribution >= 4 is 0 Å². The molecule has 0 amide bonds. The van der Waals surface area contributed by atoms with Crippen LogP contribution in [-0.2, 0) is 9.47 Å². The number of nitrogens with two attached hydrogens (primary N) is 1. The van der Waals surface area contributed by atoms with E-state index in [9.17, 15) is 13.2 Å². The molecule has 98 valence electrons. The molecule has 0 fully saturated rings. The first-order valence-corrected chi connectivity index (χ1v) is 5.19. The van der Waals surface area contributed by atoms with E-state index in [1.807, 2.05) is 6.92 Å². The van der Waals surface area contributed by atoms with Gasteiger partial charge in [-0.2, -0.15) is 13.2 Å². The van der Waals surface area contributed by atoms with Crippen molar-refractivity contribution in [2.24, 2.45) is 5.73 Å². The Hall–Kier alpha value is -0.370. The van der Waals surface area contributed by atoms with Crippen molar-refractivity contribution < 1.29 is 22.6 Å². The number of hydrogen-bond donors (Lipinski definition) is 2. The fraction of sp³-hybridized carbons (Fsp3) is 1.00. The first-order valence-electron chi connectivity index (χ1n) is 5.19. The zero-order valence-electron chi connectivity index (χ0n) is 9.35.